The maximum Gasteiger partial charge on any atom is 1.00 e. The van der Waals surface area contributed by atoms with Crippen LogP contribution in [0, 0.1) is 0 Å². The Morgan fingerprint density at radius 3 is 1.65 bits per heavy atom. The molecule has 0 saturated heterocycles. The minimum Gasteiger partial charge on any atom is -0.810 e. The standard InChI is InChI=1S/C6H10NO8P.4Na/c8-4(2-16(13,14)15)7-3(6(11)12)1-5(9)10;;;;/h3H,1-2H2,(H,7,8)(H,9,10)(H,11,12)(H2,13,14,15);;;;/q;4*+1/p-4/t3-;;;;/m0..../s1. The predicted octanol–water partition coefficient (Wildman–Crippen LogP) is -17.7. The van der Waals surface area contributed by atoms with Gasteiger partial charge in [-0.15, -0.1) is 0 Å². The zero-order valence-electron chi connectivity index (χ0n) is 11.7. The first-order valence-electron chi connectivity index (χ1n) is 3.83. The average molecular weight is 343 g/mol. The molecule has 0 heterocycles. The van der Waals surface area contributed by atoms with Gasteiger partial charge in [-0.2, -0.15) is 0 Å². The van der Waals surface area contributed by atoms with Gasteiger partial charge in [0.25, 0.3) is 0 Å². The molecule has 0 rings (SSSR count). The van der Waals surface area contributed by atoms with E-state index >= 15 is 0 Å². The quantitative estimate of drug-likeness (QED) is 0.365. The van der Waals surface area contributed by atoms with Gasteiger partial charge in [0, 0.05) is 12.4 Å². The number of amides is 1. The van der Waals surface area contributed by atoms with Gasteiger partial charge in [0.15, 0.2) is 0 Å². The Morgan fingerprint density at radius 1 is 1.00 bits per heavy atom. The molecule has 1 atom stereocenters. The number of carbonyl (C=O) groups excluding carboxylic acids is 3. The Hall–Kier alpha value is 2.56. The van der Waals surface area contributed by atoms with Crippen LogP contribution in [0.3, 0.4) is 0 Å². The molecule has 0 unspecified atom stereocenters. The van der Waals surface area contributed by atoms with Gasteiger partial charge in [0.2, 0.25) is 5.91 Å². The fourth-order valence-electron chi connectivity index (χ4n) is 0.776. The number of aliphatic carboxylic acids is 2. The van der Waals surface area contributed by atoms with Crippen molar-refractivity contribution in [2.24, 2.45) is 0 Å². The van der Waals surface area contributed by atoms with Crippen LogP contribution in [0.2, 0.25) is 0 Å². The Balaban J connectivity index is -0.000000187. The monoisotopic (exact) mass is 343 g/mol. The molecule has 0 radical (unpaired) electrons. The third-order valence-corrected chi connectivity index (χ3v) is 2.00. The Bertz CT molecular complexity index is 361. The second kappa shape index (κ2) is 16.4. The summed E-state index contributed by atoms with van der Waals surface area (Å²) in [5.74, 6) is -5.12. The molecule has 14 heteroatoms. The normalized spacial score (nSPS) is 10.3. The van der Waals surface area contributed by atoms with E-state index < -0.39 is 44.1 Å². The third kappa shape index (κ3) is 20.6. The molecule has 0 aliphatic rings. The molecule has 0 aliphatic heterocycles. The van der Waals surface area contributed by atoms with Crippen LogP contribution >= 0.6 is 7.60 Å². The van der Waals surface area contributed by atoms with Crippen LogP contribution in [0.4, 0.5) is 0 Å². The van der Waals surface area contributed by atoms with Gasteiger partial charge in [-0.1, -0.05) is 7.60 Å². The van der Waals surface area contributed by atoms with Crippen LogP contribution in [-0.2, 0) is 18.9 Å². The van der Waals surface area contributed by atoms with Gasteiger partial charge in [-0.05, 0) is 0 Å². The summed E-state index contributed by atoms with van der Waals surface area (Å²) in [6.07, 6.45) is -2.54. The Kier molecular flexibility index (Phi) is 27.9. The number of hydrogen-bond donors (Lipinski definition) is 1. The van der Waals surface area contributed by atoms with Crippen LogP contribution in [0.25, 0.3) is 0 Å². The van der Waals surface area contributed by atoms with Crippen molar-refractivity contribution in [1.82, 2.24) is 5.32 Å². The third-order valence-electron chi connectivity index (χ3n) is 1.33. The topological polar surface area (TPSA) is 173 Å². The summed E-state index contributed by atoms with van der Waals surface area (Å²) in [5, 5.41) is 21.9. The summed E-state index contributed by atoms with van der Waals surface area (Å²) in [6.45, 7) is 0. The van der Waals surface area contributed by atoms with Crippen molar-refractivity contribution in [3.63, 3.8) is 0 Å². The molecule has 92 valence electrons. The average Bonchev–Trinajstić information content (AvgIpc) is 1.97. The van der Waals surface area contributed by atoms with Crippen LogP contribution in [-0.4, -0.2) is 30.0 Å². The zero-order valence-corrected chi connectivity index (χ0v) is 20.6. The van der Waals surface area contributed by atoms with Crippen LogP contribution in [0.1, 0.15) is 6.42 Å². The molecule has 1 N–H and O–H groups in total. The van der Waals surface area contributed by atoms with Crippen molar-refractivity contribution in [2.45, 2.75) is 12.5 Å². The van der Waals surface area contributed by atoms with E-state index in [2.05, 4.69) is 0 Å². The summed E-state index contributed by atoms with van der Waals surface area (Å²) >= 11 is 0. The van der Waals surface area contributed by atoms with Gasteiger partial charge in [-0.3, -0.25) is 4.79 Å². The first-order chi connectivity index (χ1) is 7.11. The fourth-order valence-corrected chi connectivity index (χ4v) is 1.22. The molecule has 0 spiro atoms. The molecule has 0 fully saturated rings. The minimum atomic E-state index is -5.13. The first kappa shape index (κ1) is 34.0. The van der Waals surface area contributed by atoms with Crippen LogP contribution in [0.5, 0.6) is 0 Å². The van der Waals surface area contributed by atoms with E-state index in [4.69, 9.17) is 0 Å². The molecule has 1 amide bonds. The van der Waals surface area contributed by atoms with Crippen molar-refractivity contribution in [2.75, 3.05) is 6.16 Å². The zero-order chi connectivity index (χ0) is 12.9. The Labute approximate surface area is 203 Å². The number of carboxylic acid groups (broad SMARTS) is 2. The van der Waals surface area contributed by atoms with E-state index in [1.54, 1.807) is 0 Å². The molecule has 9 nitrogen and oxygen atoms in total. The molecule has 0 saturated carbocycles. The SMILES string of the molecule is O=C([O-])C[C@H](NC(=O)CP(=O)([O-])[O-])C(=O)[O-].[Na+].[Na+].[Na+].[Na+]. The summed E-state index contributed by atoms with van der Waals surface area (Å²) in [5.41, 5.74) is 0. The van der Waals surface area contributed by atoms with Crippen molar-refractivity contribution in [3.8, 4) is 0 Å². The number of rotatable bonds is 6. The molecule has 0 bridgehead atoms. The smallest absolute Gasteiger partial charge is 0.810 e. The molecule has 20 heavy (non-hydrogen) atoms. The molecular weight excluding hydrogens is 337 g/mol. The molecular formula is C6H6NNa4O8P. The maximum absolute atomic E-state index is 10.8. The molecule has 0 aromatic heterocycles. The van der Waals surface area contributed by atoms with Gasteiger partial charge >= 0.3 is 118 Å². The number of hydrogen-bond acceptors (Lipinski definition) is 8. The van der Waals surface area contributed by atoms with E-state index in [9.17, 15) is 38.9 Å². The van der Waals surface area contributed by atoms with Crippen LogP contribution in [0.15, 0.2) is 0 Å². The fraction of sp³-hybridized carbons (Fsp3) is 0.500. The summed E-state index contributed by atoms with van der Waals surface area (Å²) in [4.78, 5) is 51.4. The second-order valence-corrected chi connectivity index (χ2v) is 4.32. The van der Waals surface area contributed by atoms with E-state index in [-0.39, 0.29) is 118 Å². The summed E-state index contributed by atoms with van der Waals surface area (Å²) < 4.78 is 10.1. The maximum atomic E-state index is 10.8. The van der Waals surface area contributed by atoms with E-state index in [0.29, 0.717) is 0 Å². The number of carbonyl (C=O) groups is 3. The van der Waals surface area contributed by atoms with Crippen molar-refractivity contribution in [3.05, 3.63) is 0 Å². The number of nitrogens with one attached hydrogen (secondary N) is 1. The van der Waals surface area contributed by atoms with Crippen LogP contribution < -0.4 is 144 Å². The van der Waals surface area contributed by atoms with Gasteiger partial charge in [0.1, 0.15) is 0 Å². The molecule has 0 aromatic carbocycles. The molecule has 0 aliphatic carbocycles. The van der Waals surface area contributed by atoms with E-state index in [1.165, 1.54) is 5.32 Å². The van der Waals surface area contributed by atoms with Gasteiger partial charge in [0.05, 0.1) is 18.2 Å². The van der Waals surface area contributed by atoms with Crippen molar-refractivity contribution < 1.29 is 157 Å². The minimum absolute atomic E-state index is 0. The summed E-state index contributed by atoms with van der Waals surface area (Å²) in [6, 6.07) is -1.94. The Morgan fingerprint density at radius 2 is 1.40 bits per heavy atom. The van der Waals surface area contributed by atoms with Gasteiger partial charge < -0.3 is 39.5 Å². The predicted molar refractivity (Wildman–Crippen MR) is 39.0 cm³/mol. The number of carboxylic acids is 2. The van der Waals surface area contributed by atoms with E-state index in [0.717, 1.165) is 0 Å². The second-order valence-electron chi connectivity index (χ2n) is 2.78. The van der Waals surface area contributed by atoms with E-state index in [1.807, 2.05) is 0 Å². The molecule has 0 aromatic rings. The summed E-state index contributed by atoms with van der Waals surface area (Å²) in [7, 11) is -5.13. The van der Waals surface area contributed by atoms with Gasteiger partial charge in [-0.25, -0.2) is 0 Å². The first-order valence-corrected chi connectivity index (χ1v) is 5.56. The van der Waals surface area contributed by atoms with Crippen molar-refractivity contribution in [1.29, 1.82) is 0 Å². The largest absolute Gasteiger partial charge is 1.00 e. The van der Waals surface area contributed by atoms with Crippen molar-refractivity contribution >= 4 is 25.4 Å².